The Morgan fingerprint density at radius 2 is 2.13 bits per heavy atom. The third kappa shape index (κ3) is 2.33. The standard InChI is InChI=1S/C11H10Cl2O2/c12-9-3-1-2-8(11(9)13)10-6-7(14)4-5-15-10/h1-3,10H,4-6H2. The van der Waals surface area contributed by atoms with Crippen molar-refractivity contribution < 1.29 is 9.53 Å². The molecule has 0 saturated carbocycles. The molecule has 0 aromatic heterocycles. The van der Waals surface area contributed by atoms with Gasteiger partial charge < -0.3 is 4.74 Å². The summed E-state index contributed by atoms with van der Waals surface area (Å²) in [4.78, 5) is 11.3. The lowest BCUT2D eigenvalue weighted by molar-refractivity contribution is -0.128. The number of hydrogen-bond donors (Lipinski definition) is 0. The number of rotatable bonds is 1. The second kappa shape index (κ2) is 4.52. The minimum Gasteiger partial charge on any atom is -0.373 e. The van der Waals surface area contributed by atoms with Crippen molar-refractivity contribution in [3.05, 3.63) is 33.8 Å². The summed E-state index contributed by atoms with van der Waals surface area (Å²) in [7, 11) is 0. The zero-order valence-electron chi connectivity index (χ0n) is 8.00. The van der Waals surface area contributed by atoms with Crippen molar-refractivity contribution in [1.82, 2.24) is 0 Å². The third-order valence-corrected chi connectivity index (χ3v) is 3.27. The lowest BCUT2D eigenvalue weighted by atomic mass is 10.0. The maximum Gasteiger partial charge on any atom is 0.138 e. The van der Waals surface area contributed by atoms with Crippen LogP contribution in [0.5, 0.6) is 0 Å². The number of carbonyl (C=O) groups excluding carboxylic acids is 1. The molecule has 0 amide bonds. The zero-order valence-corrected chi connectivity index (χ0v) is 9.52. The van der Waals surface area contributed by atoms with E-state index >= 15 is 0 Å². The third-order valence-electron chi connectivity index (χ3n) is 2.44. The number of Topliss-reactive ketones (excluding diaryl/α,β-unsaturated/α-hetero) is 1. The Balaban J connectivity index is 2.28. The molecule has 1 heterocycles. The van der Waals surface area contributed by atoms with E-state index in [0.29, 0.717) is 29.5 Å². The van der Waals surface area contributed by atoms with Crippen molar-refractivity contribution >= 4 is 29.0 Å². The predicted molar refractivity (Wildman–Crippen MR) is 59.4 cm³/mol. The normalized spacial score (nSPS) is 21.7. The average Bonchev–Trinajstić information content (AvgIpc) is 2.22. The molecule has 2 nitrogen and oxygen atoms in total. The van der Waals surface area contributed by atoms with E-state index in [1.54, 1.807) is 6.07 Å². The van der Waals surface area contributed by atoms with E-state index in [9.17, 15) is 4.79 Å². The van der Waals surface area contributed by atoms with E-state index in [1.807, 2.05) is 12.1 Å². The molecule has 0 spiro atoms. The summed E-state index contributed by atoms with van der Waals surface area (Å²) in [6.45, 7) is 0.465. The fourth-order valence-corrected chi connectivity index (χ4v) is 2.08. The average molecular weight is 245 g/mol. The van der Waals surface area contributed by atoms with E-state index in [2.05, 4.69) is 0 Å². The van der Waals surface area contributed by atoms with Crippen LogP contribution in [-0.2, 0) is 9.53 Å². The van der Waals surface area contributed by atoms with Gasteiger partial charge in [-0.05, 0) is 6.07 Å². The SMILES string of the molecule is O=C1CCOC(c2cccc(Cl)c2Cl)C1. The van der Waals surface area contributed by atoms with Crippen LogP contribution in [0.15, 0.2) is 18.2 Å². The summed E-state index contributed by atoms with van der Waals surface area (Å²) >= 11 is 11.9. The van der Waals surface area contributed by atoms with E-state index < -0.39 is 0 Å². The largest absolute Gasteiger partial charge is 0.373 e. The Labute approximate surface area is 98.1 Å². The molecular formula is C11H10Cl2O2. The predicted octanol–water partition coefficient (Wildman–Crippen LogP) is 3.41. The molecule has 0 bridgehead atoms. The molecule has 0 N–H and O–H groups in total. The molecule has 1 aromatic carbocycles. The molecular weight excluding hydrogens is 235 g/mol. The quantitative estimate of drug-likeness (QED) is 0.757. The van der Waals surface area contributed by atoms with Gasteiger partial charge in [-0.3, -0.25) is 4.79 Å². The fourth-order valence-electron chi connectivity index (χ4n) is 1.65. The minimum absolute atomic E-state index is 0.210. The molecule has 1 saturated heterocycles. The van der Waals surface area contributed by atoms with Gasteiger partial charge >= 0.3 is 0 Å². The van der Waals surface area contributed by atoms with Crippen LogP contribution in [0.2, 0.25) is 10.0 Å². The number of ketones is 1. The lowest BCUT2D eigenvalue weighted by Gasteiger charge is -2.23. The summed E-state index contributed by atoms with van der Waals surface area (Å²) in [5, 5.41) is 0.981. The molecule has 0 radical (unpaired) electrons. The highest BCUT2D eigenvalue weighted by Crippen LogP contribution is 2.34. The molecule has 0 aliphatic carbocycles. The second-order valence-electron chi connectivity index (χ2n) is 3.50. The number of ether oxygens (including phenoxy) is 1. The monoisotopic (exact) mass is 244 g/mol. The van der Waals surface area contributed by atoms with Gasteiger partial charge in [0, 0.05) is 18.4 Å². The molecule has 1 aliphatic rings. The maximum atomic E-state index is 11.3. The Morgan fingerprint density at radius 3 is 2.87 bits per heavy atom. The van der Waals surface area contributed by atoms with Crippen molar-refractivity contribution in [3.8, 4) is 0 Å². The topological polar surface area (TPSA) is 26.3 Å². The van der Waals surface area contributed by atoms with E-state index in [1.165, 1.54) is 0 Å². The summed E-state index contributed by atoms with van der Waals surface area (Å²) in [5.41, 5.74) is 0.803. The molecule has 1 aliphatic heterocycles. The number of carbonyl (C=O) groups is 1. The van der Waals surface area contributed by atoms with Crippen LogP contribution in [0.25, 0.3) is 0 Å². The van der Waals surface area contributed by atoms with E-state index in [0.717, 1.165) is 5.56 Å². The van der Waals surface area contributed by atoms with E-state index in [4.69, 9.17) is 27.9 Å². The summed E-state index contributed by atoms with van der Waals surface area (Å²) < 4.78 is 5.51. The van der Waals surface area contributed by atoms with Crippen LogP contribution >= 0.6 is 23.2 Å². The summed E-state index contributed by atoms with van der Waals surface area (Å²) in [5.74, 6) is 0.210. The van der Waals surface area contributed by atoms with Crippen molar-refractivity contribution in [2.75, 3.05) is 6.61 Å². The van der Waals surface area contributed by atoms with Gasteiger partial charge in [0.2, 0.25) is 0 Å². The van der Waals surface area contributed by atoms with Gasteiger partial charge in [-0.15, -0.1) is 0 Å². The van der Waals surface area contributed by atoms with Gasteiger partial charge in [0.05, 0.1) is 22.8 Å². The van der Waals surface area contributed by atoms with Crippen molar-refractivity contribution in [2.45, 2.75) is 18.9 Å². The molecule has 15 heavy (non-hydrogen) atoms. The minimum atomic E-state index is -0.238. The highest BCUT2D eigenvalue weighted by atomic mass is 35.5. The van der Waals surface area contributed by atoms with Gasteiger partial charge in [-0.1, -0.05) is 35.3 Å². The molecule has 4 heteroatoms. The van der Waals surface area contributed by atoms with Crippen molar-refractivity contribution in [1.29, 1.82) is 0 Å². The first-order chi connectivity index (χ1) is 7.18. The first-order valence-electron chi connectivity index (χ1n) is 4.75. The highest BCUT2D eigenvalue weighted by Gasteiger charge is 2.24. The van der Waals surface area contributed by atoms with Crippen molar-refractivity contribution in [2.24, 2.45) is 0 Å². The Kier molecular flexibility index (Phi) is 3.29. The molecule has 80 valence electrons. The van der Waals surface area contributed by atoms with Crippen LogP contribution in [0.4, 0.5) is 0 Å². The Morgan fingerprint density at radius 1 is 1.33 bits per heavy atom. The van der Waals surface area contributed by atoms with Crippen LogP contribution in [0, 0.1) is 0 Å². The Hall–Kier alpha value is -0.570. The van der Waals surface area contributed by atoms with Gasteiger partial charge in [0.15, 0.2) is 0 Å². The van der Waals surface area contributed by atoms with Gasteiger partial charge in [-0.2, -0.15) is 0 Å². The Bertz CT molecular complexity index is 390. The smallest absolute Gasteiger partial charge is 0.138 e. The van der Waals surface area contributed by atoms with Crippen molar-refractivity contribution in [3.63, 3.8) is 0 Å². The molecule has 1 unspecified atom stereocenters. The maximum absolute atomic E-state index is 11.3. The summed E-state index contributed by atoms with van der Waals surface area (Å²) in [6.07, 6.45) is 0.645. The number of benzene rings is 1. The van der Waals surface area contributed by atoms with Crippen LogP contribution in [0.1, 0.15) is 24.5 Å². The molecule has 1 atom stereocenters. The van der Waals surface area contributed by atoms with Crippen LogP contribution in [-0.4, -0.2) is 12.4 Å². The molecule has 1 aromatic rings. The molecule has 1 fully saturated rings. The van der Waals surface area contributed by atoms with Crippen LogP contribution in [0.3, 0.4) is 0 Å². The van der Waals surface area contributed by atoms with E-state index in [-0.39, 0.29) is 11.9 Å². The molecule has 2 rings (SSSR count). The number of halogens is 2. The highest BCUT2D eigenvalue weighted by molar-refractivity contribution is 6.42. The zero-order chi connectivity index (χ0) is 10.8. The van der Waals surface area contributed by atoms with Gasteiger partial charge in [0.25, 0.3) is 0 Å². The second-order valence-corrected chi connectivity index (χ2v) is 4.28. The number of hydrogen-bond acceptors (Lipinski definition) is 2. The first kappa shape index (κ1) is 10.9. The van der Waals surface area contributed by atoms with Gasteiger partial charge in [0.1, 0.15) is 5.78 Å². The van der Waals surface area contributed by atoms with Gasteiger partial charge in [-0.25, -0.2) is 0 Å². The fraction of sp³-hybridized carbons (Fsp3) is 0.364. The van der Waals surface area contributed by atoms with Crippen LogP contribution < -0.4 is 0 Å². The summed E-state index contributed by atoms with van der Waals surface area (Å²) in [6, 6.07) is 5.38. The lowest BCUT2D eigenvalue weighted by Crippen LogP contribution is -2.19. The first-order valence-corrected chi connectivity index (χ1v) is 5.51.